The van der Waals surface area contributed by atoms with Gasteiger partial charge in [0.25, 0.3) is 5.91 Å². The Bertz CT molecular complexity index is 959. The van der Waals surface area contributed by atoms with Crippen LogP contribution in [0.1, 0.15) is 33.9 Å². The monoisotopic (exact) mass is 392 g/mol. The van der Waals surface area contributed by atoms with Crippen LogP contribution in [0.15, 0.2) is 78.9 Å². The van der Waals surface area contributed by atoms with E-state index in [9.17, 15) is 9.59 Å². The fourth-order valence-corrected chi connectivity index (χ4v) is 3.01. The first-order valence-electron chi connectivity index (χ1n) is 9.00. The second-order valence-corrected chi connectivity index (χ2v) is 6.93. The van der Waals surface area contributed by atoms with E-state index < -0.39 is 6.04 Å². The zero-order chi connectivity index (χ0) is 19.9. The molecule has 142 valence electrons. The van der Waals surface area contributed by atoms with Gasteiger partial charge in [0.2, 0.25) is 5.91 Å². The highest BCUT2D eigenvalue weighted by molar-refractivity contribution is 6.31. The zero-order valence-electron chi connectivity index (χ0n) is 15.5. The molecule has 3 aromatic carbocycles. The van der Waals surface area contributed by atoms with Gasteiger partial charge in [-0.15, -0.1) is 0 Å². The number of anilines is 1. The summed E-state index contributed by atoms with van der Waals surface area (Å²) in [6.45, 7) is 1.88. The van der Waals surface area contributed by atoms with E-state index in [1.54, 1.807) is 24.3 Å². The van der Waals surface area contributed by atoms with Gasteiger partial charge in [0.15, 0.2) is 0 Å². The van der Waals surface area contributed by atoms with E-state index >= 15 is 0 Å². The van der Waals surface area contributed by atoms with Crippen LogP contribution in [-0.4, -0.2) is 11.8 Å². The predicted octanol–water partition coefficient (Wildman–Crippen LogP) is 5.15. The maximum Gasteiger partial charge on any atom is 0.251 e. The van der Waals surface area contributed by atoms with Crippen molar-refractivity contribution in [2.24, 2.45) is 0 Å². The molecule has 0 aliphatic rings. The summed E-state index contributed by atoms with van der Waals surface area (Å²) in [5, 5.41) is 6.49. The highest BCUT2D eigenvalue weighted by Crippen LogP contribution is 2.22. The second-order valence-electron chi connectivity index (χ2n) is 6.52. The summed E-state index contributed by atoms with van der Waals surface area (Å²) < 4.78 is 0. The quantitative estimate of drug-likeness (QED) is 0.609. The summed E-state index contributed by atoms with van der Waals surface area (Å²) in [4.78, 5) is 25.2. The highest BCUT2D eigenvalue weighted by Gasteiger charge is 2.19. The van der Waals surface area contributed by atoms with Crippen LogP contribution in [0.3, 0.4) is 0 Å². The first kappa shape index (κ1) is 19.6. The van der Waals surface area contributed by atoms with E-state index in [0.717, 1.165) is 11.1 Å². The molecule has 0 unspecified atom stereocenters. The highest BCUT2D eigenvalue weighted by atomic mass is 35.5. The number of hydrogen-bond donors (Lipinski definition) is 2. The summed E-state index contributed by atoms with van der Waals surface area (Å²) in [5.41, 5.74) is 2.98. The van der Waals surface area contributed by atoms with E-state index in [-0.39, 0.29) is 18.2 Å². The molecular weight excluding hydrogens is 372 g/mol. The third-order valence-electron chi connectivity index (χ3n) is 4.37. The summed E-state index contributed by atoms with van der Waals surface area (Å²) in [6, 6.07) is 23.3. The van der Waals surface area contributed by atoms with Crippen LogP contribution in [0.4, 0.5) is 5.69 Å². The summed E-state index contributed by atoms with van der Waals surface area (Å²) in [6.07, 6.45) is 0.115. The second kappa shape index (κ2) is 9.20. The standard InChI is InChI=1S/C23H21ClN2O2/c1-16-14-19(12-13-20(16)24)25-22(27)15-21(17-8-4-2-5-9-17)26-23(28)18-10-6-3-7-11-18/h2-14,21H,15H2,1H3,(H,25,27)(H,26,28)/t21-/m1/s1. The lowest BCUT2D eigenvalue weighted by molar-refractivity contribution is -0.116. The van der Waals surface area contributed by atoms with Crippen molar-refractivity contribution in [2.45, 2.75) is 19.4 Å². The minimum Gasteiger partial charge on any atom is -0.345 e. The van der Waals surface area contributed by atoms with Gasteiger partial charge in [0.05, 0.1) is 12.5 Å². The lowest BCUT2D eigenvalue weighted by Gasteiger charge is -2.19. The van der Waals surface area contributed by atoms with Crippen LogP contribution in [0.2, 0.25) is 5.02 Å². The van der Waals surface area contributed by atoms with Gasteiger partial charge in [-0.25, -0.2) is 0 Å². The molecule has 0 aliphatic heterocycles. The van der Waals surface area contributed by atoms with Gasteiger partial charge >= 0.3 is 0 Å². The van der Waals surface area contributed by atoms with Gasteiger partial charge in [0.1, 0.15) is 0 Å². The minimum atomic E-state index is -0.442. The summed E-state index contributed by atoms with van der Waals surface area (Å²) in [5.74, 6) is -0.409. The third kappa shape index (κ3) is 5.21. The molecule has 0 saturated carbocycles. The van der Waals surface area contributed by atoms with Crippen LogP contribution in [-0.2, 0) is 4.79 Å². The molecule has 3 rings (SSSR count). The molecule has 0 aliphatic carbocycles. The van der Waals surface area contributed by atoms with E-state index in [0.29, 0.717) is 16.3 Å². The van der Waals surface area contributed by atoms with E-state index in [2.05, 4.69) is 10.6 Å². The van der Waals surface area contributed by atoms with Crippen LogP contribution in [0.5, 0.6) is 0 Å². The van der Waals surface area contributed by atoms with Crippen molar-refractivity contribution in [1.29, 1.82) is 0 Å². The van der Waals surface area contributed by atoms with Gasteiger partial charge in [0, 0.05) is 16.3 Å². The number of aryl methyl sites for hydroxylation is 1. The molecule has 3 aromatic rings. The SMILES string of the molecule is Cc1cc(NC(=O)C[C@@H](NC(=O)c2ccccc2)c2ccccc2)ccc1Cl. The van der Waals surface area contributed by atoms with Crippen molar-refractivity contribution in [2.75, 3.05) is 5.32 Å². The molecular formula is C23H21ClN2O2. The summed E-state index contributed by atoms with van der Waals surface area (Å²) in [7, 11) is 0. The molecule has 4 nitrogen and oxygen atoms in total. The molecule has 0 bridgehead atoms. The fourth-order valence-electron chi connectivity index (χ4n) is 2.89. The Morgan fingerprint density at radius 3 is 2.21 bits per heavy atom. The Morgan fingerprint density at radius 1 is 0.929 bits per heavy atom. The van der Waals surface area contributed by atoms with Gasteiger partial charge < -0.3 is 10.6 Å². The number of carbonyl (C=O) groups excluding carboxylic acids is 2. The molecule has 0 heterocycles. The molecule has 1 atom stereocenters. The first-order valence-corrected chi connectivity index (χ1v) is 9.37. The molecule has 2 N–H and O–H groups in total. The maximum absolute atomic E-state index is 12.6. The van der Waals surface area contributed by atoms with E-state index in [4.69, 9.17) is 11.6 Å². The smallest absolute Gasteiger partial charge is 0.251 e. The Labute approximate surface area is 169 Å². The zero-order valence-corrected chi connectivity index (χ0v) is 16.2. The Kier molecular flexibility index (Phi) is 6.45. The van der Waals surface area contributed by atoms with Crippen molar-refractivity contribution in [3.05, 3.63) is 101 Å². The largest absolute Gasteiger partial charge is 0.345 e. The molecule has 28 heavy (non-hydrogen) atoms. The maximum atomic E-state index is 12.6. The fraction of sp³-hybridized carbons (Fsp3) is 0.130. The number of amides is 2. The van der Waals surface area contributed by atoms with E-state index in [1.165, 1.54) is 0 Å². The third-order valence-corrected chi connectivity index (χ3v) is 4.80. The average molecular weight is 393 g/mol. The van der Waals surface area contributed by atoms with Crippen LogP contribution >= 0.6 is 11.6 Å². The predicted molar refractivity (Wildman–Crippen MR) is 113 cm³/mol. The average Bonchev–Trinajstić information content (AvgIpc) is 2.71. The lowest BCUT2D eigenvalue weighted by atomic mass is 10.0. The number of halogens is 1. The Morgan fingerprint density at radius 2 is 1.57 bits per heavy atom. The topological polar surface area (TPSA) is 58.2 Å². The lowest BCUT2D eigenvalue weighted by Crippen LogP contribution is -2.31. The van der Waals surface area contributed by atoms with Crippen LogP contribution in [0.25, 0.3) is 0 Å². The van der Waals surface area contributed by atoms with Crippen molar-refractivity contribution in [3.63, 3.8) is 0 Å². The van der Waals surface area contributed by atoms with Crippen molar-refractivity contribution in [1.82, 2.24) is 5.32 Å². The van der Waals surface area contributed by atoms with E-state index in [1.807, 2.05) is 61.5 Å². The molecule has 0 spiro atoms. The number of carbonyl (C=O) groups is 2. The molecule has 0 radical (unpaired) electrons. The Balaban J connectivity index is 1.74. The molecule has 2 amide bonds. The molecule has 0 fully saturated rings. The summed E-state index contributed by atoms with van der Waals surface area (Å²) >= 11 is 6.04. The van der Waals surface area contributed by atoms with Gasteiger partial charge in [-0.3, -0.25) is 9.59 Å². The van der Waals surface area contributed by atoms with Gasteiger partial charge in [-0.1, -0.05) is 60.1 Å². The number of nitrogens with one attached hydrogen (secondary N) is 2. The molecule has 0 aromatic heterocycles. The Hall–Kier alpha value is -3.11. The van der Waals surface area contributed by atoms with Crippen LogP contribution < -0.4 is 10.6 Å². The van der Waals surface area contributed by atoms with Crippen molar-refractivity contribution in [3.8, 4) is 0 Å². The first-order chi connectivity index (χ1) is 13.5. The molecule has 5 heteroatoms. The number of benzene rings is 3. The van der Waals surface area contributed by atoms with Crippen molar-refractivity contribution < 1.29 is 9.59 Å². The number of hydrogen-bond acceptors (Lipinski definition) is 2. The molecule has 0 saturated heterocycles. The minimum absolute atomic E-state index is 0.115. The number of rotatable bonds is 6. The van der Waals surface area contributed by atoms with Gasteiger partial charge in [-0.05, 0) is 48.4 Å². The normalized spacial score (nSPS) is 11.5. The van der Waals surface area contributed by atoms with Crippen molar-refractivity contribution >= 4 is 29.1 Å². The van der Waals surface area contributed by atoms with Crippen LogP contribution in [0, 0.1) is 6.92 Å². The van der Waals surface area contributed by atoms with Gasteiger partial charge in [-0.2, -0.15) is 0 Å².